The predicted octanol–water partition coefficient (Wildman–Crippen LogP) is 2.86. The fourth-order valence-corrected chi connectivity index (χ4v) is 1.65. The van der Waals surface area contributed by atoms with Crippen molar-refractivity contribution in [2.24, 2.45) is 5.73 Å². The van der Waals surface area contributed by atoms with Gasteiger partial charge in [-0.3, -0.25) is 9.97 Å². The van der Waals surface area contributed by atoms with Gasteiger partial charge in [0.2, 0.25) is 0 Å². The number of aryl methyl sites for hydroxylation is 2. The van der Waals surface area contributed by atoms with Gasteiger partial charge in [0.25, 0.3) is 0 Å². The van der Waals surface area contributed by atoms with E-state index >= 15 is 0 Å². The van der Waals surface area contributed by atoms with Gasteiger partial charge in [0, 0.05) is 18.1 Å². The molecule has 0 unspecified atom stereocenters. The number of rotatable bonds is 4. The van der Waals surface area contributed by atoms with Crippen LogP contribution in [0.4, 0.5) is 0 Å². The lowest BCUT2D eigenvalue weighted by Gasteiger charge is -2.03. The minimum absolute atomic E-state index is 0.708. The summed E-state index contributed by atoms with van der Waals surface area (Å²) >= 11 is 0. The van der Waals surface area contributed by atoms with Gasteiger partial charge < -0.3 is 5.73 Å². The monoisotopic (exact) mass is 239 g/mol. The summed E-state index contributed by atoms with van der Waals surface area (Å²) in [6, 6.07) is 8.08. The molecule has 92 valence electrons. The van der Waals surface area contributed by atoms with Gasteiger partial charge in [0.1, 0.15) is 0 Å². The minimum Gasteiger partial charge on any atom is -0.403 e. The highest BCUT2D eigenvalue weighted by atomic mass is 14.8. The standard InChI is InChI=1S/C15H17N3/c1-11-3-7-14(17-9-11)15-8-6-13(10-18-15)5-4-12(2)16/h3,6-10H,2,4-5,16H2,1H3. The second-order valence-electron chi connectivity index (χ2n) is 4.43. The number of nitrogens with two attached hydrogens (primary N) is 1. The van der Waals surface area contributed by atoms with E-state index in [0.717, 1.165) is 35.4 Å². The second kappa shape index (κ2) is 5.45. The maximum atomic E-state index is 5.55. The molecular formula is C15H17N3. The van der Waals surface area contributed by atoms with Gasteiger partial charge in [-0.2, -0.15) is 0 Å². The highest BCUT2D eigenvalue weighted by Crippen LogP contribution is 2.15. The van der Waals surface area contributed by atoms with Crippen molar-refractivity contribution in [1.29, 1.82) is 0 Å². The Hall–Kier alpha value is -2.16. The normalized spacial score (nSPS) is 10.3. The van der Waals surface area contributed by atoms with Crippen molar-refractivity contribution in [2.75, 3.05) is 0 Å². The van der Waals surface area contributed by atoms with E-state index in [-0.39, 0.29) is 0 Å². The van der Waals surface area contributed by atoms with Gasteiger partial charge in [0.15, 0.2) is 0 Å². The number of nitrogens with zero attached hydrogens (tertiary/aromatic N) is 2. The van der Waals surface area contributed by atoms with Crippen molar-refractivity contribution in [3.05, 3.63) is 60.1 Å². The van der Waals surface area contributed by atoms with E-state index in [2.05, 4.69) is 22.6 Å². The summed E-state index contributed by atoms with van der Waals surface area (Å²) in [5, 5.41) is 0. The third kappa shape index (κ3) is 3.17. The zero-order valence-electron chi connectivity index (χ0n) is 10.6. The van der Waals surface area contributed by atoms with Crippen LogP contribution in [-0.4, -0.2) is 9.97 Å². The first-order valence-electron chi connectivity index (χ1n) is 5.96. The Kier molecular flexibility index (Phi) is 3.72. The molecule has 0 aliphatic heterocycles. The van der Waals surface area contributed by atoms with Gasteiger partial charge in [0.05, 0.1) is 11.4 Å². The first-order valence-corrected chi connectivity index (χ1v) is 5.96. The Bertz CT molecular complexity index is 527. The molecule has 0 radical (unpaired) electrons. The Balaban J connectivity index is 2.12. The smallest absolute Gasteiger partial charge is 0.0886 e. The van der Waals surface area contributed by atoms with Crippen LogP contribution in [0.5, 0.6) is 0 Å². The zero-order valence-corrected chi connectivity index (χ0v) is 10.6. The molecule has 2 aromatic rings. The van der Waals surface area contributed by atoms with Crippen LogP contribution in [0.3, 0.4) is 0 Å². The van der Waals surface area contributed by atoms with Gasteiger partial charge in [-0.1, -0.05) is 18.7 Å². The fourth-order valence-electron chi connectivity index (χ4n) is 1.65. The lowest BCUT2D eigenvalue weighted by atomic mass is 10.1. The third-order valence-electron chi connectivity index (χ3n) is 2.73. The Morgan fingerprint density at radius 1 is 1.11 bits per heavy atom. The van der Waals surface area contributed by atoms with Crippen molar-refractivity contribution in [2.45, 2.75) is 19.8 Å². The minimum atomic E-state index is 0.708. The highest BCUT2D eigenvalue weighted by Gasteiger charge is 2.01. The largest absolute Gasteiger partial charge is 0.403 e. The molecule has 0 saturated carbocycles. The second-order valence-corrected chi connectivity index (χ2v) is 4.43. The first-order chi connectivity index (χ1) is 8.65. The molecule has 3 nitrogen and oxygen atoms in total. The fraction of sp³-hybridized carbons (Fsp3) is 0.200. The van der Waals surface area contributed by atoms with E-state index in [1.807, 2.05) is 37.5 Å². The summed E-state index contributed by atoms with van der Waals surface area (Å²) in [7, 11) is 0. The van der Waals surface area contributed by atoms with Crippen molar-refractivity contribution in [3.63, 3.8) is 0 Å². The zero-order chi connectivity index (χ0) is 13.0. The predicted molar refractivity (Wildman–Crippen MR) is 73.9 cm³/mol. The highest BCUT2D eigenvalue weighted by molar-refractivity contribution is 5.53. The van der Waals surface area contributed by atoms with Gasteiger partial charge >= 0.3 is 0 Å². The number of pyridine rings is 2. The summed E-state index contributed by atoms with van der Waals surface area (Å²) < 4.78 is 0. The van der Waals surface area contributed by atoms with Crippen molar-refractivity contribution >= 4 is 0 Å². The van der Waals surface area contributed by atoms with E-state index < -0.39 is 0 Å². The number of allylic oxidation sites excluding steroid dienone is 1. The summed E-state index contributed by atoms with van der Waals surface area (Å²) in [6.07, 6.45) is 5.40. The molecule has 2 rings (SSSR count). The van der Waals surface area contributed by atoms with Gasteiger partial charge in [-0.25, -0.2) is 0 Å². The molecular weight excluding hydrogens is 222 g/mol. The van der Waals surface area contributed by atoms with Crippen molar-refractivity contribution in [1.82, 2.24) is 9.97 Å². The lowest BCUT2D eigenvalue weighted by Crippen LogP contribution is -1.97. The quantitative estimate of drug-likeness (QED) is 0.892. The van der Waals surface area contributed by atoms with E-state index in [0.29, 0.717) is 5.70 Å². The molecule has 0 aliphatic rings. The van der Waals surface area contributed by atoms with Crippen LogP contribution < -0.4 is 5.73 Å². The molecule has 0 bridgehead atoms. The SMILES string of the molecule is C=C(N)CCc1ccc(-c2ccc(C)cn2)nc1. The molecule has 2 N–H and O–H groups in total. The average molecular weight is 239 g/mol. The lowest BCUT2D eigenvalue weighted by molar-refractivity contribution is 0.924. The third-order valence-corrected chi connectivity index (χ3v) is 2.73. The van der Waals surface area contributed by atoms with E-state index in [9.17, 15) is 0 Å². The molecule has 0 spiro atoms. The molecule has 3 heteroatoms. The Morgan fingerprint density at radius 3 is 2.28 bits per heavy atom. The van der Waals surface area contributed by atoms with Crippen LogP contribution in [0.2, 0.25) is 0 Å². The van der Waals surface area contributed by atoms with Crippen molar-refractivity contribution < 1.29 is 0 Å². The average Bonchev–Trinajstić information content (AvgIpc) is 2.38. The Labute approximate surface area is 107 Å². The number of hydrogen-bond donors (Lipinski definition) is 1. The Morgan fingerprint density at radius 2 is 1.78 bits per heavy atom. The van der Waals surface area contributed by atoms with Crippen LogP contribution >= 0.6 is 0 Å². The van der Waals surface area contributed by atoms with Crippen LogP contribution in [0.25, 0.3) is 11.4 Å². The maximum Gasteiger partial charge on any atom is 0.0886 e. The van der Waals surface area contributed by atoms with Crippen LogP contribution in [0, 0.1) is 6.92 Å². The molecule has 0 aliphatic carbocycles. The van der Waals surface area contributed by atoms with Crippen LogP contribution in [0.1, 0.15) is 17.5 Å². The summed E-state index contributed by atoms with van der Waals surface area (Å²) in [5.41, 5.74) is 10.4. The number of hydrogen-bond acceptors (Lipinski definition) is 3. The number of aromatic nitrogens is 2. The van der Waals surface area contributed by atoms with Gasteiger partial charge in [-0.05, 0) is 43.0 Å². The van der Waals surface area contributed by atoms with E-state index in [4.69, 9.17) is 5.73 Å². The molecule has 0 aromatic carbocycles. The first kappa shape index (κ1) is 12.3. The van der Waals surface area contributed by atoms with Crippen LogP contribution in [0.15, 0.2) is 48.9 Å². The van der Waals surface area contributed by atoms with E-state index in [1.54, 1.807) is 0 Å². The molecule has 0 amide bonds. The van der Waals surface area contributed by atoms with Gasteiger partial charge in [-0.15, -0.1) is 0 Å². The molecule has 0 fully saturated rings. The van der Waals surface area contributed by atoms with Crippen molar-refractivity contribution in [3.8, 4) is 11.4 Å². The molecule has 18 heavy (non-hydrogen) atoms. The topological polar surface area (TPSA) is 51.8 Å². The molecule has 0 atom stereocenters. The van der Waals surface area contributed by atoms with E-state index in [1.165, 1.54) is 0 Å². The molecule has 0 saturated heterocycles. The summed E-state index contributed by atoms with van der Waals surface area (Å²) in [5.74, 6) is 0. The van der Waals surface area contributed by atoms with Crippen LogP contribution in [-0.2, 0) is 6.42 Å². The summed E-state index contributed by atoms with van der Waals surface area (Å²) in [6.45, 7) is 5.71. The maximum absolute atomic E-state index is 5.55. The molecule has 2 heterocycles. The molecule has 2 aromatic heterocycles. The summed E-state index contributed by atoms with van der Waals surface area (Å²) in [4.78, 5) is 8.78.